The summed E-state index contributed by atoms with van der Waals surface area (Å²) in [5, 5.41) is 11.3. The second kappa shape index (κ2) is 10.4. The van der Waals surface area contributed by atoms with E-state index in [4.69, 9.17) is 16.3 Å². The maximum atomic E-state index is 13.6. The zero-order valence-electron chi connectivity index (χ0n) is 20.4. The number of halogens is 4. The van der Waals surface area contributed by atoms with Crippen molar-refractivity contribution < 1.29 is 37.3 Å². The van der Waals surface area contributed by atoms with Crippen LogP contribution in [0.2, 0.25) is 5.02 Å². The quantitative estimate of drug-likeness (QED) is 0.478. The second-order valence-electron chi connectivity index (χ2n) is 8.58. The molecule has 0 aliphatic carbocycles. The molecular formula is C24H23ClF3N5O5. The van der Waals surface area contributed by atoms with Crippen molar-refractivity contribution in [1.82, 2.24) is 19.4 Å². The molecule has 2 amide bonds. The summed E-state index contributed by atoms with van der Waals surface area (Å²) in [5.41, 5.74) is 0.711. The minimum Gasteiger partial charge on any atom is -0.425 e. The highest BCUT2D eigenvalue weighted by molar-refractivity contribution is 6.30. The van der Waals surface area contributed by atoms with E-state index in [1.54, 1.807) is 24.3 Å². The van der Waals surface area contributed by atoms with Gasteiger partial charge in [-0.05, 0) is 29.8 Å². The fraction of sp³-hybridized carbons (Fsp3) is 0.292. The number of imidazole rings is 1. The summed E-state index contributed by atoms with van der Waals surface area (Å²) >= 11 is 5.99. The molecule has 1 unspecified atom stereocenters. The Kier molecular flexibility index (Phi) is 7.42. The minimum atomic E-state index is -4.90. The van der Waals surface area contributed by atoms with Crippen LogP contribution in [0.1, 0.15) is 16.1 Å². The van der Waals surface area contributed by atoms with E-state index in [9.17, 15) is 27.9 Å². The molecule has 0 spiro atoms. The van der Waals surface area contributed by atoms with Crippen LogP contribution in [0.4, 0.5) is 19.0 Å². The van der Waals surface area contributed by atoms with Gasteiger partial charge in [0.25, 0.3) is 5.91 Å². The van der Waals surface area contributed by atoms with E-state index in [1.807, 2.05) is 0 Å². The van der Waals surface area contributed by atoms with Crippen molar-refractivity contribution in [3.8, 4) is 17.5 Å². The average Bonchev–Trinajstić information content (AvgIpc) is 3.18. The van der Waals surface area contributed by atoms with Gasteiger partial charge in [0.1, 0.15) is 18.0 Å². The molecule has 0 saturated heterocycles. The van der Waals surface area contributed by atoms with Crippen molar-refractivity contribution >= 4 is 29.2 Å². The lowest BCUT2D eigenvalue weighted by Gasteiger charge is -2.38. The SMILES string of the molecule is CN(C)C(=O)CN1C(=O)c2c(nc(Oc3cccc(OC(F)(F)F)c3)n2Cc2ccc(Cl)cc2)N(C)C1O. The van der Waals surface area contributed by atoms with Crippen LogP contribution in [0, 0.1) is 0 Å². The summed E-state index contributed by atoms with van der Waals surface area (Å²) in [6.45, 7) is -0.353. The Balaban J connectivity index is 1.77. The first kappa shape index (κ1) is 27.1. The number of amides is 2. The van der Waals surface area contributed by atoms with Gasteiger partial charge in [-0.25, -0.2) is 0 Å². The molecule has 1 aromatic heterocycles. The van der Waals surface area contributed by atoms with Crippen LogP contribution in [0.5, 0.6) is 17.5 Å². The molecule has 38 heavy (non-hydrogen) atoms. The van der Waals surface area contributed by atoms with Gasteiger partial charge in [-0.3, -0.25) is 19.1 Å². The van der Waals surface area contributed by atoms with Gasteiger partial charge in [-0.2, -0.15) is 4.98 Å². The van der Waals surface area contributed by atoms with Crippen LogP contribution < -0.4 is 14.4 Å². The fourth-order valence-corrected chi connectivity index (χ4v) is 3.84. The maximum Gasteiger partial charge on any atom is 0.573 e. The Morgan fingerprint density at radius 3 is 2.45 bits per heavy atom. The Morgan fingerprint density at radius 1 is 1.16 bits per heavy atom. The van der Waals surface area contributed by atoms with E-state index in [-0.39, 0.29) is 29.8 Å². The van der Waals surface area contributed by atoms with Gasteiger partial charge in [-0.1, -0.05) is 29.8 Å². The van der Waals surface area contributed by atoms with Gasteiger partial charge in [0.2, 0.25) is 12.3 Å². The number of aliphatic hydroxyl groups excluding tert-OH is 1. The van der Waals surface area contributed by atoms with Crippen molar-refractivity contribution in [3.63, 3.8) is 0 Å². The number of nitrogens with zero attached hydrogens (tertiary/aromatic N) is 5. The molecule has 14 heteroatoms. The van der Waals surface area contributed by atoms with Crippen LogP contribution in [0.25, 0.3) is 0 Å². The molecule has 2 aromatic carbocycles. The Morgan fingerprint density at radius 2 is 1.82 bits per heavy atom. The predicted octanol–water partition coefficient (Wildman–Crippen LogP) is 3.53. The van der Waals surface area contributed by atoms with Gasteiger partial charge in [-0.15, -0.1) is 13.2 Å². The van der Waals surface area contributed by atoms with Crippen molar-refractivity contribution in [2.24, 2.45) is 0 Å². The van der Waals surface area contributed by atoms with Crippen molar-refractivity contribution in [2.45, 2.75) is 19.3 Å². The predicted molar refractivity (Wildman–Crippen MR) is 130 cm³/mol. The molecule has 0 fully saturated rings. The lowest BCUT2D eigenvalue weighted by atomic mass is 10.2. The van der Waals surface area contributed by atoms with E-state index in [0.29, 0.717) is 10.6 Å². The number of rotatable bonds is 7. The van der Waals surface area contributed by atoms with Gasteiger partial charge in [0.15, 0.2) is 11.5 Å². The van der Waals surface area contributed by atoms with Gasteiger partial charge in [0, 0.05) is 32.2 Å². The number of benzene rings is 2. The smallest absolute Gasteiger partial charge is 0.425 e. The highest BCUT2D eigenvalue weighted by Crippen LogP contribution is 2.36. The molecule has 1 aliphatic heterocycles. The number of aromatic nitrogens is 2. The van der Waals surface area contributed by atoms with E-state index >= 15 is 0 Å². The highest BCUT2D eigenvalue weighted by Gasteiger charge is 2.41. The molecule has 2 heterocycles. The topological polar surface area (TPSA) is 100 Å². The third kappa shape index (κ3) is 5.78. The summed E-state index contributed by atoms with van der Waals surface area (Å²) in [6, 6.07) is 11.4. The van der Waals surface area contributed by atoms with Crippen molar-refractivity contribution in [1.29, 1.82) is 0 Å². The van der Waals surface area contributed by atoms with E-state index in [2.05, 4.69) is 9.72 Å². The number of likely N-dealkylation sites (N-methyl/N-ethyl adjacent to an activating group) is 1. The number of fused-ring (bicyclic) bond motifs is 1. The van der Waals surface area contributed by atoms with Crippen LogP contribution in [0.15, 0.2) is 48.5 Å². The average molecular weight is 554 g/mol. The largest absolute Gasteiger partial charge is 0.573 e. The Bertz CT molecular complexity index is 1350. The van der Waals surface area contributed by atoms with Gasteiger partial charge >= 0.3 is 12.4 Å². The summed E-state index contributed by atoms with van der Waals surface area (Å²) < 4.78 is 49.3. The number of aliphatic hydroxyl groups is 1. The third-order valence-electron chi connectivity index (χ3n) is 5.64. The van der Waals surface area contributed by atoms with Crippen molar-refractivity contribution in [3.05, 3.63) is 64.8 Å². The first-order valence-electron chi connectivity index (χ1n) is 11.1. The first-order chi connectivity index (χ1) is 17.8. The lowest BCUT2D eigenvalue weighted by molar-refractivity contribution is -0.274. The van der Waals surface area contributed by atoms with E-state index < -0.39 is 36.8 Å². The van der Waals surface area contributed by atoms with Crippen LogP contribution in [-0.2, 0) is 11.3 Å². The summed E-state index contributed by atoms with van der Waals surface area (Å²) in [6.07, 6.45) is -6.40. The Hall–Kier alpha value is -3.97. The number of hydrogen-bond donors (Lipinski definition) is 1. The molecule has 1 N–H and O–H groups in total. The summed E-state index contributed by atoms with van der Waals surface area (Å²) in [5.74, 6) is -1.60. The number of alkyl halides is 3. The fourth-order valence-electron chi connectivity index (χ4n) is 3.71. The summed E-state index contributed by atoms with van der Waals surface area (Å²) in [4.78, 5) is 33.8. The molecule has 1 aliphatic rings. The molecule has 0 radical (unpaired) electrons. The van der Waals surface area contributed by atoms with Gasteiger partial charge in [0.05, 0.1) is 6.54 Å². The molecule has 10 nitrogen and oxygen atoms in total. The summed E-state index contributed by atoms with van der Waals surface area (Å²) in [7, 11) is 4.52. The van der Waals surface area contributed by atoms with Crippen molar-refractivity contribution in [2.75, 3.05) is 32.6 Å². The maximum absolute atomic E-state index is 13.6. The normalized spacial score (nSPS) is 15.4. The number of hydrogen-bond acceptors (Lipinski definition) is 7. The number of ether oxygens (including phenoxy) is 2. The standard InChI is InChI=1S/C24H23ClF3N5O5/c1-30(2)18(34)13-33-21(35)19-20(31(3)23(33)36)29-22(32(19)12-14-7-9-15(25)10-8-14)37-16-5-4-6-17(11-16)38-24(26,27)28/h4-11,23,36H,12-13H2,1-3H3. The molecule has 1 atom stereocenters. The second-order valence-corrected chi connectivity index (χ2v) is 9.02. The van der Waals surface area contributed by atoms with E-state index in [1.165, 1.54) is 47.6 Å². The molecule has 0 bridgehead atoms. The van der Waals surface area contributed by atoms with Crippen LogP contribution in [0.3, 0.4) is 0 Å². The number of carbonyl (C=O) groups excluding carboxylic acids is 2. The molecule has 3 aromatic rings. The van der Waals surface area contributed by atoms with Gasteiger partial charge < -0.3 is 24.4 Å². The zero-order chi connectivity index (χ0) is 27.8. The molecule has 202 valence electrons. The molecule has 4 rings (SSSR count). The van der Waals surface area contributed by atoms with Crippen LogP contribution >= 0.6 is 11.6 Å². The molecule has 0 saturated carbocycles. The van der Waals surface area contributed by atoms with Crippen LogP contribution in [-0.4, -0.2) is 76.7 Å². The third-order valence-corrected chi connectivity index (χ3v) is 5.90. The lowest BCUT2D eigenvalue weighted by Crippen LogP contribution is -2.56. The zero-order valence-corrected chi connectivity index (χ0v) is 21.2. The number of anilines is 1. The number of carbonyl (C=O) groups is 2. The Labute approximate surface area is 220 Å². The molecular weight excluding hydrogens is 531 g/mol. The minimum absolute atomic E-state index is 0.0111. The van der Waals surface area contributed by atoms with E-state index in [0.717, 1.165) is 17.0 Å². The monoisotopic (exact) mass is 553 g/mol. The first-order valence-corrected chi connectivity index (χ1v) is 11.5. The highest BCUT2D eigenvalue weighted by atomic mass is 35.5.